The van der Waals surface area contributed by atoms with E-state index in [2.05, 4.69) is 26.1 Å². The minimum absolute atomic E-state index is 0.0885. The summed E-state index contributed by atoms with van der Waals surface area (Å²) in [7, 11) is 1.55. The summed E-state index contributed by atoms with van der Waals surface area (Å²) >= 11 is 14.3. The predicted molar refractivity (Wildman–Crippen MR) is 179 cm³/mol. The van der Waals surface area contributed by atoms with E-state index in [4.69, 9.17) is 27.9 Å². The fourth-order valence-electron chi connectivity index (χ4n) is 5.71. The van der Waals surface area contributed by atoms with Crippen molar-refractivity contribution >= 4 is 75.4 Å². The quantitative estimate of drug-likeness (QED) is 0.221. The lowest BCUT2D eigenvalue weighted by Crippen LogP contribution is -2.33. The maximum absolute atomic E-state index is 14.1. The first-order chi connectivity index (χ1) is 21.4. The lowest BCUT2D eigenvalue weighted by atomic mass is 9.81. The summed E-state index contributed by atoms with van der Waals surface area (Å²) in [5, 5.41) is 3.11. The van der Waals surface area contributed by atoms with Gasteiger partial charge in [-0.15, -0.1) is 0 Å². The highest BCUT2D eigenvalue weighted by molar-refractivity contribution is 8.00. The summed E-state index contributed by atoms with van der Waals surface area (Å²) < 4.78 is 6.64. The number of halogens is 2. The third-order valence-corrected chi connectivity index (χ3v) is 11.4. The Labute approximate surface area is 278 Å². The minimum Gasteiger partial charge on any atom is -0.497 e. The largest absolute Gasteiger partial charge is 0.497 e. The van der Waals surface area contributed by atoms with Gasteiger partial charge in [0.05, 0.1) is 33.8 Å². The van der Waals surface area contributed by atoms with E-state index in [0.717, 1.165) is 22.5 Å². The van der Waals surface area contributed by atoms with Crippen molar-refractivity contribution in [3.8, 4) is 5.75 Å². The lowest BCUT2D eigenvalue weighted by molar-refractivity contribution is -0.122. The molecule has 2 aliphatic rings. The SMILES string of the molecule is COc1ccc(N2C(=O)[C@H]3[C@H](c4ccc(C(C)(C)C)cc4)c4sc(=O)n(CC(=O)Nc5ccc(Cl)c(Cl)c5)c4S[C@H]3C2=O)cc1. The molecule has 0 aliphatic carbocycles. The third-order valence-electron chi connectivity index (χ3n) is 8.02. The summed E-state index contributed by atoms with van der Waals surface area (Å²) in [4.78, 5) is 56.3. The Morgan fingerprint density at radius 1 is 0.933 bits per heavy atom. The van der Waals surface area contributed by atoms with Crippen LogP contribution in [0, 0.1) is 5.92 Å². The van der Waals surface area contributed by atoms with Crippen LogP contribution in [0.1, 0.15) is 42.7 Å². The van der Waals surface area contributed by atoms with Crippen molar-refractivity contribution in [3.05, 3.63) is 102 Å². The number of rotatable bonds is 6. The number of hydrogen-bond acceptors (Lipinski definition) is 7. The van der Waals surface area contributed by atoms with Crippen molar-refractivity contribution in [1.82, 2.24) is 4.57 Å². The molecule has 8 nitrogen and oxygen atoms in total. The number of benzene rings is 3. The zero-order valence-corrected chi connectivity index (χ0v) is 27.9. The molecular formula is C33H29Cl2N3O5S2. The number of nitrogens with zero attached hydrogens (tertiary/aromatic N) is 2. The number of thioether (sulfide) groups is 1. The van der Waals surface area contributed by atoms with Crippen molar-refractivity contribution in [1.29, 1.82) is 0 Å². The van der Waals surface area contributed by atoms with Crippen LogP contribution in [0.15, 0.2) is 76.6 Å². The van der Waals surface area contributed by atoms with Crippen LogP contribution in [0.25, 0.3) is 0 Å². The van der Waals surface area contributed by atoms with Crippen LogP contribution in [0.5, 0.6) is 5.75 Å². The average Bonchev–Trinajstić information content (AvgIpc) is 3.44. The van der Waals surface area contributed by atoms with Crippen LogP contribution in [-0.4, -0.2) is 34.6 Å². The molecule has 0 unspecified atom stereocenters. The van der Waals surface area contributed by atoms with Gasteiger partial charge in [0.25, 0.3) is 0 Å². The molecule has 3 heterocycles. The molecule has 12 heteroatoms. The van der Waals surface area contributed by atoms with Gasteiger partial charge in [0.15, 0.2) is 0 Å². The Bertz CT molecular complexity index is 1880. The second-order valence-electron chi connectivity index (χ2n) is 11.9. The number of carbonyl (C=O) groups is 3. The van der Waals surface area contributed by atoms with Gasteiger partial charge in [0.1, 0.15) is 17.5 Å². The highest BCUT2D eigenvalue weighted by atomic mass is 35.5. The van der Waals surface area contributed by atoms with E-state index in [9.17, 15) is 19.2 Å². The second kappa shape index (κ2) is 12.0. The predicted octanol–water partition coefficient (Wildman–Crippen LogP) is 6.96. The van der Waals surface area contributed by atoms with E-state index in [1.807, 2.05) is 24.3 Å². The van der Waals surface area contributed by atoms with Crippen LogP contribution < -0.4 is 19.8 Å². The van der Waals surface area contributed by atoms with Gasteiger partial charge >= 0.3 is 4.87 Å². The molecule has 1 saturated heterocycles. The maximum atomic E-state index is 14.1. The number of amides is 3. The van der Waals surface area contributed by atoms with Crippen LogP contribution in [0.4, 0.5) is 11.4 Å². The Morgan fingerprint density at radius 2 is 1.62 bits per heavy atom. The zero-order chi connectivity index (χ0) is 32.2. The summed E-state index contributed by atoms with van der Waals surface area (Å²) in [6, 6.07) is 19.5. The van der Waals surface area contributed by atoms with Crippen molar-refractivity contribution in [2.75, 3.05) is 17.3 Å². The van der Waals surface area contributed by atoms with E-state index in [-0.39, 0.29) is 33.7 Å². The van der Waals surface area contributed by atoms with Crippen molar-refractivity contribution in [2.45, 2.75) is 48.9 Å². The number of hydrogen-bond donors (Lipinski definition) is 1. The van der Waals surface area contributed by atoms with Crippen LogP contribution in [0.3, 0.4) is 0 Å². The number of methoxy groups -OCH3 is 1. The van der Waals surface area contributed by atoms with E-state index in [1.54, 1.807) is 43.5 Å². The molecule has 1 fully saturated rings. The van der Waals surface area contributed by atoms with Crippen molar-refractivity contribution in [2.24, 2.45) is 5.92 Å². The Morgan fingerprint density at radius 3 is 2.24 bits per heavy atom. The summed E-state index contributed by atoms with van der Waals surface area (Å²) in [5.41, 5.74) is 2.74. The molecule has 0 saturated carbocycles. The molecule has 2 aliphatic heterocycles. The van der Waals surface area contributed by atoms with Crippen LogP contribution >= 0.6 is 46.3 Å². The highest BCUT2D eigenvalue weighted by Gasteiger charge is 2.56. The average molecular weight is 683 g/mol. The normalized spacial score (nSPS) is 19.3. The number of ether oxygens (including phenoxy) is 1. The standard InChI is InChI=1S/C33H29Cl2N3O5S2/c1-33(2,3)18-7-5-17(6-8-18)25-26-27(30(41)38(29(26)40)20-10-12-21(43-4)13-11-20)44-31-28(25)45-32(42)37(31)16-24(39)36-19-9-14-22(34)23(35)15-19/h5-15,25-27H,16H2,1-4H3,(H,36,39)/t25-,26-,27+/m0/s1. The van der Waals surface area contributed by atoms with Gasteiger partial charge < -0.3 is 10.1 Å². The number of anilines is 2. The molecule has 4 aromatic rings. The first-order valence-electron chi connectivity index (χ1n) is 14.1. The number of fused-ring (bicyclic) bond motifs is 2. The number of aromatic nitrogens is 1. The van der Waals surface area contributed by atoms with E-state index in [0.29, 0.717) is 32.1 Å². The Kier molecular flexibility index (Phi) is 8.36. The van der Waals surface area contributed by atoms with E-state index < -0.39 is 23.0 Å². The number of carbonyl (C=O) groups excluding carboxylic acids is 3. The smallest absolute Gasteiger partial charge is 0.308 e. The van der Waals surface area contributed by atoms with Gasteiger partial charge in [-0.05, 0) is 59.0 Å². The maximum Gasteiger partial charge on any atom is 0.308 e. The van der Waals surface area contributed by atoms with Crippen molar-refractivity contribution < 1.29 is 19.1 Å². The molecule has 3 atom stereocenters. The van der Waals surface area contributed by atoms with Gasteiger partial charge in [-0.2, -0.15) is 0 Å². The number of nitrogens with one attached hydrogen (secondary N) is 1. The summed E-state index contributed by atoms with van der Waals surface area (Å²) in [5.74, 6) is -1.84. The molecule has 0 radical (unpaired) electrons. The molecule has 0 bridgehead atoms. The molecule has 45 heavy (non-hydrogen) atoms. The number of thiazole rings is 1. The summed E-state index contributed by atoms with van der Waals surface area (Å²) in [6.07, 6.45) is 0. The molecule has 3 amide bonds. The van der Waals surface area contributed by atoms with Gasteiger partial charge in [-0.1, -0.05) is 91.3 Å². The van der Waals surface area contributed by atoms with Gasteiger partial charge in [0.2, 0.25) is 17.7 Å². The van der Waals surface area contributed by atoms with Gasteiger partial charge in [-0.25, -0.2) is 4.90 Å². The van der Waals surface area contributed by atoms with E-state index >= 15 is 0 Å². The topological polar surface area (TPSA) is 97.7 Å². The molecule has 1 aromatic heterocycles. The molecule has 0 spiro atoms. The first kappa shape index (κ1) is 31.4. The Hall–Kier alpha value is -3.57. The van der Waals surface area contributed by atoms with E-state index in [1.165, 1.54) is 27.3 Å². The van der Waals surface area contributed by atoms with Crippen molar-refractivity contribution in [3.63, 3.8) is 0 Å². The van der Waals surface area contributed by atoms with Gasteiger partial charge in [-0.3, -0.25) is 23.7 Å². The molecule has 1 N–H and O–H groups in total. The second-order valence-corrected chi connectivity index (χ2v) is 14.9. The highest BCUT2D eigenvalue weighted by Crippen LogP contribution is 2.54. The zero-order valence-electron chi connectivity index (χ0n) is 24.8. The fraction of sp³-hybridized carbons (Fsp3) is 0.273. The molecule has 3 aromatic carbocycles. The molecular weight excluding hydrogens is 653 g/mol. The van der Waals surface area contributed by atoms with Gasteiger partial charge in [0, 0.05) is 16.5 Å². The minimum atomic E-state index is -0.794. The van der Waals surface area contributed by atoms with Crippen LogP contribution in [-0.2, 0) is 26.3 Å². The summed E-state index contributed by atoms with van der Waals surface area (Å²) in [6.45, 7) is 6.08. The molecule has 232 valence electrons. The number of imide groups is 1. The molecule has 6 rings (SSSR count). The Balaban J connectivity index is 1.40. The third kappa shape index (κ3) is 5.80. The first-order valence-corrected chi connectivity index (χ1v) is 16.6. The monoisotopic (exact) mass is 681 g/mol. The fourth-order valence-corrected chi connectivity index (χ4v) is 8.78. The lowest BCUT2D eigenvalue weighted by Gasteiger charge is -2.31. The van der Waals surface area contributed by atoms with Crippen LogP contribution in [0.2, 0.25) is 10.0 Å².